The molecule has 1 aromatic carbocycles. The Balaban J connectivity index is 1.41. The molecular weight excluding hydrogens is 324 g/mol. The molecule has 0 saturated heterocycles. The van der Waals surface area contributed by atoms with Gasteiger partial charge >= 0.3 is 6.03 Å². The minimum Gasteiger partial charge on any atom is -0.493 e. The normalized spacial score (nSPS) is 15.2. The number of carbonyl (C=O) groups is 1. The van der Waals surface area contributed by atoms with Crippen LogP contribution in [-0.4, -0.2) is 30.8 Å². The maximum atomic E-state index is 11.9. The number of hydrogen-bond donors (Lipinski definition) is 3. The molecule has 0 radical (unpaired) electrons. The van der Waals surface area contributed by atoms with Gasteiger partial charge in [0.15, 0.2) is 0 Å². The molecule has 0 spiro atoms. The second-order valence-electron chi connectivity index (χ2n) is 6.19. The zero-order chi connectivity index (χ0) is 17.0. The van der Waals surface area contributed by atoms with Crippen molar-refractivity contribution in [3.8, 4) is 5.75 Å². The van der Waals surface area contributed by atoms with E-state index >= 15 is 0 Å². The van der Waals surface area contributed by atoms with E-state index < -0.39 is 5.60 Å². The highest BCUT2D eigenvalue weighted by molar-refractivity contribution is 7.08. The van der Waals surface area contributed by atoms with Crippen LogP contribution >= 0.6 is 11.3 Å². The van der Waals surface area contributed by atoms with E-state index in [1.807, 2.05) is 29.0 Å². The van der Waals surface area contributed by atoms with Crippen LogP contribution < -0.4 is 15.4 Å². The Bertz CT molecular complexity index is 698. The highest BCUT2D eigenvalue weighted by atomic mass is 32.1. The molecule has 1 aromatic heterocycles. The average molecular weight is 346 g/mol. The van der Waals surface area contributed by atoms with Crippen LogP contribution in [-0.2, 0) is 18.4 Å². The quantitative estimate of drug-likeness (QED) is 0.752. The molecule has 2 aromatic rings. The van der Waals surface area contributed by atoms with E-state index in [0.29, 0.717) is 6.54 Å². The van der Waals surface area contributed by atoms with E-state index in [1.54, 1.807) is 6.92 Å². The summed E-state index contributed by atoms with van der Waals surface area (Å²) in [5, 5.41) is 19.7. The molecule has 0 unspecified atom stereocenters. The lowest BCUT2D eigenvalue weighted by Crippen LogP contribution is -2.43. The van der Waals surface area contributed by atoms with Crippen molar-refractivity contribution in [2.45, 2.75) is 25.4 Å². The van der Waals surface area contributed by atoms with E-state index in [2.05, 4.69) is 16.7 Å². The van der Waals surface area contributed by atoms with Crippen LogP contribution in [0.3, 0.4) is 0 Å². The molecule has 0 fully saturated rings. The summed E-state index contributed by atoms with van der Waals surface area (Å²) in [5.41, 5.74) is 2.18. The summed E-state index contributed by atoms with van der Waals surface area (Å²) in [4.78, 5) is 11.9. The zero-order valence-electron chi connectivity index (χ0n) is 13.7. The first-order chi connectivity index (χ1) is 11.5. The molecule has 1 aliphatic rings. The number of urea groups is 1. The van der Waals surface area contributed by atoms with Crippen LogP contribution in [0.1, 0.15) is 23.6 Å². The lowest BCUT2D eigenvalue weighted by atomic mass is 9.99. The lowest BCUT2D eigenvalue weighted by Gasteiger charge is -2.22. The summed E-state index contributed by atoms with van der Waals surface area (Å²) in [6, 6.07) is 7.77. The summed E-state index contributed by atoms with van der Waals surface area (Å²) in [6.07, 6.45) is 1.72. The third-order valence-corrected chi connectivity index (χ3v) is 4.87. The maximum Gasteiger partial charge on any atom is 0.314 e. The highest BCUT2D eigenvalue weighted by Crippen LogP contribution is 2.26. The minimum absolute atomic E-state index is 0.172. The fourth-order valence-corrected chi connectivity index (χ4v) is 3.49. The number of thiophene rings is 1. The summed E-state index contributed by atoms with van der Waals surface area (Å²) < 4.78 is 5.49. The molecule has 6 heteroatoms. The van der Waals surface area contributed by atoms with Crippen molar-refractivity contribution in [2.75, 3.05) is 19.7 Å². The van der Waals surface area contributed by atoms with Crippen LogP contribution in [0.25, 0.3) is 0 Å². The van der Waals surface area contributed by atoms with Gasteiger partial charge in [-0.25, -0.2) is 4.79 Å². The number of amides is 2. The number of carbonyl (C=O) groups excluding carboxylic acids is 1. The third-order valence-electron chi connectivity index (χ3n) is 4.19. The SMILES string of the molecule is C[C@](O)(CNC(=O)NCCc1ccc2c(c1)CCO2)c1ccsc1. The van der Waals surface area contributed by atoms with Crippen molar-refractivity contribution in [2.24, 2.45) is 0 Å². The number of nitrogens with one attached hydrogen (secondary N) is 2. The summed E-state index contributed by atoms with van der Waals surface area (Å²) in [5.74, 6) is 0.972. The van der Waals surface area contributed by atoms with Crippen LogP contribution in [0, 0.1) is 0 Å². The molecule has 24 heavy (non-hydrogen) atoms. The average Bonchev–Trinajstić information content (AvgIpc) is 3.24. The highest BCUT2D eigenvalue weighted by Gasteiger charge is 2.24. The van der Waals surface area contributed by atoms with Crippen molar-refractivity contribution in [3.63, 3.8) is 0 Å². The first-order valence-corrected chi connectivity index (χ1v) is 9.00. The Kier molecular flexibility index (Phi) is 5.06. The van der Waals surface area contributed by atoms with Gasteiger partial charge < -0.3 is 20.5 Å². The molecular formula is C18H22N2O3S. The van der Waals surface area contributed by atoms with Crippen LogP contribution in [0.15, 0.2) is 35.0 Å². The number of ether oxygens (including phenoxy) is 1. The standard InChI is InChI=1S/C18H22N2O3S/c1-18(22,15-6-9-24-11-15)12-20-17(21)19-7-4-13-2-3-16-14(10-13)5-8-23-16/h2-3,6,9-11,22H,4-5,7-8,12H2,1H3,(H2,19,20,21)/t18-/m0/s1. The number of fused-ring (bicyclic) bond motifs is 1. The summed E-state index contributed by atoms with van der Waals surface area (Å²) >= 11 is 1.52. The minimum atomic E-state index is -1.06. The molecule has 128 valence electrons. The van der Waals surface area contributed by atoms with Crippen molar-refractivity contribution < 1.29 is 14.6 Å². The fraction of sp³-hybridized carbons (Fsp3) is 0.389. The fourth-order valence-electron chi connectivity index (χ4n) is 2.70. The first kappa shape index (κ1) is 16.8. The van der Waals surface area contributed by atoms with E-state index in [1.165, 1.54) is 22.5 Å². The Labute approximate surface area is 145 Å². The van der Waals surface area contributed by atoms with Crippen LogP contribution in [0.5, 0.6) is 5.75 Å². The predicted octanol–water partition coefficient (Wildman–Crippen LogP) is 2.43. The Morgan fingerprint density at radius 3 is 3.04 bits per heavy atom. The Morgan fingerprint density at radius 1 is 1.38 bits per heavy atom. The largest absolute Gasteiger partial charge is 0.493 e. The van der Waals surface area contributed by atoms with Crippen molar-refractivity contribution in [3.05, 3.63) is 51.7 Å². The van der Waals surface area contributed by atoms with Crippen LogP contribution in [0.4, 0.5) is 4.79 Å². The number of rotatable bonds is 6. The van der Waals surface area contributed by atoms with Gasteiger partial charge in [-0.05, 0) is 52.9 Å². The maximum absolute atomic E-state index is 11.9. The van der Waals surface area contributed by atoms with E-state index in [-0.39, 0.29) is 12.6 Å². The zero-order valence-corrected chi connectivity index (χ0v) is 14.5. The smallest absolute Gasteiger partial charge is 0.314 e. The Hall–Kier alpha value is -2.05. The molecule has 2 heterocycles. The van der Waals surface area contributed by atoms with Gasteiger partial charge in [-0.2, -0.15) is 11.3 Å². The topological polar surface area (TPSA) is 70.6 Å². The summed E-state index contributed by atoms with van der Waals surface area (Å²) in [6.45, 7) is 3.17. The summed E-state index contributed by atoms with van der Waals surface area (Å²) in [7, 11) is 0. The first-order valence-electron chi connectivity index (χ1n) is 8.06. The third kappa shape index (κ3) is 4.07. The molecule has 5 nitrogen and oxygen atoms in total. The second kappa shape index (κ2) is 7.23. The van der Waals surface area contributed by atoms with Crippen molar-refractivity contribution in [1.82, 2.24) is 10.6 Å². The molecule has 0 aliphatic carbocycles. The van der Waals surface area contributed by atoms with Gasteiger partial charge in [0, 0.05) is 13.0 Å². The second-order valence-corrected chi connectivity index (χ2v) is 6.97. The number of aliphatic hydroxyl groups is 1. The van der Waals surface area contributed by atoms with Gasteiger partial charge in [0.1, 0.15) is 11.4 Å². The van der Waals surface area contributed by atoms with Crippen molar-refractivity contribution in [1.29, 1.82) is 0 Å². The van der Waals surface area contributed by atoms with Gasteiger partial charge in [-0.15, -0.1) is 0 Å². The molecule has 3 rings (SSSR count). The molecule has 3 N–H and O–H groups in total. The van der Waals surface area contributed by atoms with Gasteiger partial charge in [0.05, 0.1) is 13.2 Å². The number of benzene rings is 1. The van der Waals surface area contributed by atoms with Gasteiger partial charge in [-0.3, -0.25) is 0 Å². The van der Waals surface area contributed by atoms with Gasteiger partial charge in [0.2, 0.25) is 0 Å². The monoisotopic (exact) mass is 346 g/mol. The van der Waals surface area contributed by atoms with E-state index in [0.717, 1.165) is 30.8 Å². The molecule has 0 saturated carbocycles. The molecule has 1 atom stereocenters. The van der Waals surface area contributed by atoms with E-state index in [9.17, 15) is 9.90 Å². The molecule has 1 aliphatic heterocycles. The lowest BCUT2D eigenvalue weighted by molar-refractivity contribution is 0.0598. The van der Waals surface area contributed by atoms with Crippen molar-refractivity contribution >= 4 is 17.4 Å². The van der Waals surface area contributed by atoms with Crippen LogP contribution in [0.2, 0.25) is 0 Å². The van der Waals surface area contributed by atoms with Gasteiger partial charge in [-0.1, -0.05) is 12.1 Å². The Morgan fingerprint density at radius 2 is 2.25 bits per heavy atom. The molecule has 2 amide bonds. The number of hydrogen-bond acceptors (Lipinski definition) is 4. The predicted molar refractivity (Wildman–Crippen MR) is 94.6 cm³/mol. The molecule has 0 bridgehead atoms. The van der Waals surface area contributed by atoms with Gasteiger partial charge in [0.25, 0.3) is 0 Å². The van der Waals surface area contributed by atoms with E-state index in [4.69, 9.17) is 4.74 Å².